The zero-order valence-corrected chi connectivity index (χ0v) is 31.5. The molecule has 0 saturated carbocycles. The maximum atomic E-state index is 13.7. The number of likely N-dealkylation sites (tertiary alicyclic amines) is 1. The molecule has 0 aliphatic carbocycles. The molecule has 5 atom stereocenters. The van der Waals surface area contributed by atoms with Gasteiger partial charge < -0.3 is 34.3 Å². The second-order valence-electron chi connectivity index (χ2n) is 14.5. The molecule has 11 nitrogen and oxygen atoms in total. The fourth-order valence-electron chi connectivity index (χ4n) is 7.41. The quantitative estimate of drug-likeness (QED) is 0.168. The van der Waals surface area contributed by atoms with Gasteiger partial charge in [0, 0.05) is 49.6 Å². The number of aliphatic hydroxyl groups excluding tert-OH is 1. The van der Waals surface area contributed by atoms with Gasteiger partial charge in [-0.2, -0.15) is 4.72 Å². The van der Waals surface area contributed by atoms with E-state index in [2.05, 4.69) is 21.9 Å². The monoisotopic (exact) mass is 755 g/mol. The largest absolute Gasteiger partial charge is 0.392 e. The van der Waals surface area contributed by atoms with Crippen LogP contribution >= 0.6 is 0 Å². The van der Waals surface area contributed by atoms with E-state index in [4.69, 9.17) is 18.9 Å². The van der Waals surface area contributed by atoms with Crippen LogP contribution in [0.4, 0.5) is 5.69 Å². The lowest BCUT2D eigenvalue weighted by atomic mass is 9.89. The summed E-state index contributed by atoms with van der Waals surface area (Å²) in [5.74, 6) is -0.910. The SMILES string of the molecule is Cc1ccc(S(=O)(=O)N[C@H](Cc2ccccc2)C(=O)Nc2ccc([C@@H]3O[C@H](CN4CCC5(CC4)OCCO5)[C@H](C)[C@H](c4ccc(CO)cc4)O3)cc2)cc1. The molecule has 54 heavy (non-hydrogen) atoms. The second kappa shape index (κ2) is 16.8. The van der Waals surface area contributed by atoms with E-state index in [1.807, 2.05) is 73.7 Å². The van der Waals surface area contributed by atoms with Gasteiger partial charge >= 0.3 is 0 Å². The third-order valence-electron chi connectivity index (χ3n) is 10.7. The Balaban J connectivity index is 1.07. The molecule has 3 aliphatic rings. The van der Waals surface area contributed by atoms with Crippen molar-refractivity contribution in [3.63, 3.8) is 0 Å². The van der Waals surface area contributed by atoms with Crippen molar-refractivity contribution in [3.05, 3.63) is 131 Å². The topological polar surface area (TPSA) is 136 Å². The molecule has 3 saturated heterocycles. The lowest BCUT2D eigenvalue weighted by Crippen LogP contribution is -2.50. The molecular formula is C42H49N3O8S. The molecule has 0 radical (unpaired) electrons. The van der Waals surface area contributed by atoms with Gasteiger partial charge in [0.05, 0.1) is 36.9 Å². The second-order valence-corrected chi connectivity index (χ2v) is 16.2. The van der Waals surface area contributed by atoms with Crippen molar-refractivity contribution < 1.29 is 37.3 Å². The minimum Gasteiger partial charge on any atom is -0.392 e. The number of carbonyl (C=O) groups is 1. The number of aryl methyl sites for hydroxylation is 1. The predicted molar refractivity (Wildman–Crippen MR) is 204 cm³/mol. The number of nitrogens with one attached hydrogen (secondary N) is 2. The highest BCUT2D eigenvalue weighted by Gasteiger charge is 2.43. The summed E-state index contributed by atoms with van der Waals surface area (Å²) in [6.07, 6.45) is 0.699. The summed E-state index contributed by atoms with van der Waals surface area (Å²) in [7, 11) is -3.99. The molecule has 7 rings (SSSR count). The number of sulfonamides is 1. The highest BCUT2D eigenvalue weighted by atomic mass is 32.2. The summed E-state index contributed by atoms with van der Waals surface area (Å²) >= 11 is 0. The first-order chi connectivity index (χ1) is 26.1. The number of nitrogens with zero attached hydrogens (tertiary/aromatic N) is 1. The van der Waals surface area contributed by atoms with Crippen molar-refractivity contribution in [2.24, 2.45) is 5.92 Å². The van der Waals surface area contributed by atoms with E-state index < -0.39 is 34.0 Å². The molecule has 1 amide bonds. The first kappa shape index (κ1) is 38.3. The molecule has 4 aromatic carbocycles. The minimum atomic E-state index is -3.99. The smallest absolute Gasteiger partial charge is 0.242 e. The summed E-state index contributed by atoms with van der Waals surface area (Å²) in [6, 6.07) is 29.9. The van der Waals surface area contributed by atoms with Crippen molar-refractivity contribution in [3.8, 4) is 0 Å². The van der Waals surface area contributed by atoms with Gasteiger partial charge in [0.2, 0.25) is 15.9 Å². The van der Waals surface area contributed by atoms with Crippen LogP contribution in [-0.2, 0) is 46.8 Å². The van der Waals surface area contributed by atoms with Gasteiger partial charge in [-0.1, -0.05) is 91.3 Å². The van der Waals surface area contributed by atoms with Gasteiger partial charge in [-0.05, 0) is 54.3 Å². The van der Waals surface area contributed by atoms with E-state index in [0.29, 0.717) is 18.9 Å². The minimum absolute atomic E-state index is 0.0277. The summed E-state index contributed by atoms with van der Waals surface area (Å²) in [4.78, 5) is 16.2. The number of amides is 1. The van der Waals surface area contributed by atoms with Crippen LogP contribution in [0.15, 0.2) is 108 Å². The van der Waals surface area contributed by atoms with E-state index in [0.717, 1.165) is 60.3 Å². The normalized spacial score (nSPS) is 23.6. The highest BCUT2D eigenvalue weighted by molar-refractivity contribution is 7.89. The van der Waals surface area contributed by atoms with Gasteiger partial charge in [0.15, 0.2) is 12.1 Å². The molecule has 0 aromatic heterocycles. The molecule has 0 unspecified atom stereocenters. The fourth-order valence-corrected chi connectivity index (χ4v) is 8.60. The molecule has 1 spiro atoms. The molecule has 12 heteroatoms. The van der Waals surface area contributed by atoms with Crippen molar-refractivity contribution in [2.75, 3.05) is 38.2 Å². The zero-order chi connectivity index (χ0) is 37.7. The standard InChI is InChI=1S/C42H49N3O8S/c1-29-8-18-36(19-9-29)54(48,49)44-37(26-31-6-4-3-5-7-31)40(47)43-35-16-14-34(15-17-35)41-52-38(27-45-22-20-42(21-23-45)50-24-25-51-42)30(2)39(53-41)33-12-10-32(28-46)11-13-33/h3-19,30,37-39,41,44,46H,20-28H2,1-2H3,(H,43,47)/t30-,37+,38+,39+,41+/m0/s1. The third-order valence-corrected chi connectivity index (χ3v) is 12.2. The summed E-state index contributed by atoms with van der Waals surface area (Å²) in [5, 5.41) is 12.5. The van der Waals surface area contributed by atoms with Gasteiger partial charge in [0.25, 0.3) is 0 Å². The molecule has 3 fully saturated rings. The lowest BCUT2D eigenvalue weighted by molar-refractivity contribution is -0.278. The number of hydrogen-bond donors (Lipinski definition) is 3. The molecule has 3 N–H and O–H groups in total. The van der Waals surface area contributed by atoms with Crippen LogP contribution < -0.4 is 10.0 Å². The van der Waals surface area contributed by atoms with Crippen molar-refractivity contribution in [2.45, 2.75) is 74.9 Å². The van der Waals surface area contributed by atoms with Gasteiger partial charge in [0.1, 0.15) is 6.04 Å². The number of ether oxygens (including phenoxy) is 4. The summed E-state index contributed by atoms with van der Waals surface area (Å²) < 4.78 is 54.6. The first-order valence-electron chi connectivity index (χ1n) is 18.6. The Kier molecular flexibility index (Phi) is 11.9. The Morgan fingerprint density at radius 1 is 0.852 bits per heavy atom. The number of benzene rings is 4. The van der Waals surface area contributed by atoms with Crippen molar-refractivity contribution in [1.29, 1.82) is 0 Å². The van der Waals surface area contributed by atoms with Crippen LogP contribution in [0.25, 0.3) is 0 Å². The zero-order valence-electron chi connectivity index (χ0n) is 30.7. The number of hydrogen-bond acceptors (Lipinski definition) is 9. The maximum Gasteiger partial charge on any atom is 0.242 e. The Morgan fingerprint density at radius 2 is 1.50 bits per heavy atom. The number of carbonyl (C=O) groups excluding carboxylic acids is 1. The van der Waals surface area contributed by atoms with Gasteiger partial charge in [-0.25, -0.2) is 8.42 Å². The Hall–Kier alpha value is -3.98. The Bertz CT molecular complexity index is 1940. The van der Waals surface area contributed by atoms with Crippen LogP contribution in [0.1, 0.15) is 60.0 Å². The summed E-state index contributed by atoms with van der Waals surface area (Å²) in [6.45, 7) is 7.69. The number of rotatable bonds is 12. The van der Waals surface area contributed by atoms with Crippen LogP contribution in [0.2, 0.25) is 0 Å². The van der Waals surface area contributed by atoms with Crippen LogP contribution in [0.3, 0.4) is 0 Å². The molecule has 286 valence electrons. The average Bonchev–Trinajstić information content (AvgIpc) is 3.65. The van der Waals surface area contributed by atoms with Crippen LogP contribution in [0.5, 0.6) is 0 Å². The summed E-state index contributed by atoms with van der Waals surface area (Å²) in [5.41, 5.74) is 4.88. The van der Waals surface area contributed by atoms with E-state index in [1.54, 1.807) is 24.3 Å². The highest BCUT2D eigenvalue weighted by Crippen LogP contribution is 2.42. The molecule has 3 aliphatic heterocycles. The Labute approximate surface area is 317 Å². The Morgan fingerprint density at radius 3 is 2.15 bits per heavy atom. The lowest BCUT2D eigenvalue weighted by Gasteiger charge is -2.44. The van der Waals surface area contributed by atoms with Crippen LogP contribution in [0, 0.1) is 12.8 Å². The van der Waals surface area contributed by atoms with E-state index >= 15 is 0 Å². The number of aliphatic hydroxyl groups is 1. The molecule has 3 heterocycles. The maximum absolute atomic E-state index is 13.7. The predicted octanol–water partition coefficient (Wildman–Crippen LogP) is 5.65. The third kappa shape index (κ3) is 9.10. The average molecular weight is 756 g/mol. The number of anilines is 1. The fraction of sp³-hybridized carbons (Fsp3) is 0.405. The van der Waals surface area contributed by atoms with Gasteiger partial charge in [-0.3, -0.25) is 4.79 Å². The van der Waals surface area contributed by atoms with Crippen molar-refractivity contribution >= 4 is 21.6 Å². The van der Waals surface area contributed by atoms with E-state index in [9.17, 15) is 18.3 Å². The van der Waals surface area contributed by atoms with Gasteiger partial charge in [-0.15, -0.1) is 0 Å². The first-order valence-corrected chi connectivity index (χ1v) is 20.1. The van der Waals surface area contributed by atoms with Crippen LogP contribution in [-0.4, -0.2) is 75.1 Å². The molecular weight excluding hydrogens is 707 g/mol. The van der Waals surface area contributed by atoms with Crippen molar-refractivity contribution in [1.82, 2.24) is 9.62 Å². The molecule has 0 bridgehead atoms. The van der Waals surface area contributed by atoms with E-state index in [-0.39, 0.29) is 36.0 Å². The van der Waals surface area contributed by atoms with E-state index in [1.165, 1.54) is 12.1 Å². The molecule has 4 aromatic rings. The number of piperidine rings is 1.